The molecule has 0 fully saturated rings. The van der Waals surface area contributed by atoms with Gasteiger partial charge < -0.3 is 10.1 Å². The van der Waals surface area contributed by atoms with Crippen molar-refractivity contribution in [3.05, 3.63) is 58.3 Å². The highest BCUT2D eigenvalue weighted by Gasteiger charge is 2.26. The van der Waals surface area contributed by atoms with Gasteiger partial charge in [-0.25, -0.2) is 4.79 Å². The zero-order valence-corrected chi connectivity index (χ0v) is 15.0. The van der Waals surface area contributed by atoms with Crippen molar-refractivity contribution in [3.63, 3.8) is 0 Å². The second-order valence-corrected chi connectivity index (χ2v) is 6.91. The van der Waals surface area contributed by atoms with E-state index in [4.69, 9.17) is 4.74 Å². The van der Waals surface area contributed by atoms with E-state index in [-0.39, 0.29) is 30.6 Å². The summed E-state index contributed by atoms with van der Waals surface area (Å²) in [6.45, 7) is 3.31. The molecule has 2 aromatic rings. The monoisotopic (exact) mass is 359 g/mol. The number of thiophene rings is 1. The van der Waals surface area contributed by atoms with Gasteiger partial charge in [0, 0.05) is 0 Å². The summed E-state index contributed by atoms with van der Waals surface area (Å²) in [5, 5.41) is 4.49. The molecule has 0 bridgehead atoms. The number of esters is 1. The van der Waals surface area contributed by atoms with Crippen molar-refractivity contribution in [2.24, 2.45) is 5.92 Å². The highest BCUT2D eigenvalue weighted by atomic mass is 32.1. The standard InChI is InChI=1S/C19H21NO4S/c1-13(2)18(20-17(22)11-14-7-4-3-5-8-14)19(23)24-12-15(21)16-9-6-10-25-16/h3-10,13,18H,11-12H2,1-2H3,(H,20,22)/t18-/m0/s1. The number of ketones is 1. The Kier molecular flexibility index (Phi) is 6.89. The van der Waals surface area contributed by atoms with Gasteiger partial charge in [-0.1, -0.05) is 50.2 Å². The second kappa shape index (κ2) is 9.13. The van der Waals surface area contributed by atoms with E-state index in [0.717, 1.165) is 5.56 Å². The lowest BCUT2D eigenvalue weighted by atomic mass is 10.0. The van der Waals surface area contributed by atoms with Crippen LogP contribution in [0.4, 0.5) is 0 Å². The SMILES string of the molecule is CC(C)[C@H](NC(=O)Cc1ccccc1)C(=O)OCC(=O)c1cccs1. The van der Waals surface area contributed by atoms with Crippen LogP contribution in [-0.2, 0) is 20.7 Å². The first-order valence-corrected chi connectivity index (χ1v) is 8.92. The van der Waals surface area contributed by atoms with E-state index < -0.39 is 12.0 Å². The molecule has 132 valence electrons. The van der Waals surface area contributed by atoms with Gasteiger partial charge in [0.2, 0.25) is 11.7 Å². The lowest BCUT2D eigenvalue weighted by molar-refractivity contribution is -0.148. The van der Waals surface area contributed by atoms with Gasteiger partial charge in [-0.2, -0.15) is 0 Å². The summed E-state index contributed by atoms with van der Waals surface area (Å²) in [4.78, 5) is 36.9. The van der Waals surface area contributed by atoms with Crippen LogP contribution in [0.15, 0.2) is 47.8 Å². The van der Waals surface area contributed by atoms with E-state index in [0.29, 0.717) is 4.88 Å². The topological polar surface area (TPSA) is 72.5 Å². The van der Waals surface area contributed by atoms with Crippen molar-refractivity contribution in [1.82, 2.24) is 5.32 Å². The maximum atomic E-state index is 12.3. The van der Waals surface area contributed by atoms with Gasteiger partial charge in [-0.3, -0.25) is 9.59 Å². The highest BCUT2D eigenvalue weighted by Crippen LogP contribution is 2.11. The van der Waals surface area contributed by atoms with Gasteiger partial charge in [0.25, 0.3) is 0 Å². The zero-order valence-electron chi connectivity index (χ0n) is 14.2. The molecule has 0 saturated heterocycles. The van der Waals surface area contributed by atoms with Crippen LogP contribution >= 0.6 is 11.3 Å². The Labute approximate surface area is 151 Å². The fraction of sp³-hybridized carbons (Fsp3) is 0.316. The highest BCUT2D eigenvalue weighted by molar-refractivity contribution is 7.12. The molecule has 1 aromatic heterocycles. The molecule has 2 rings (SSSR count). The van der Waals surface area contributed by atoms with E-state index >= 15 is 0 Å². The van der Waals surface area contributed by atoms with E-state index in [9.17, 15) is 14.4 Å². The summed E-state index contributed by atoms with van der Waals surface area (Å²) >= 11 is 1.30. The van der Waals surface area contributed by atoms with Crippen molar-refractivity contribution in [1.29, 1.82) is 0 Å². The van der Waals surface area contributed by atoms with Crippen molar-refractivity contribution < 1.29 is 19.1 Å². The molecule has 6 heteroatoms. The van der Waals surface area contributed by atoms with Crippen LogP contribution in [0.2, 0.25) is 0 Å². The Morgan fingerprint density at radius 1 is 1.08 bits per heavy atom. The molecule has 0 aliphatic rings. The Bertz CT molecular complexity index is 710. The smallest absolute Gasteiger partial charge is 0.329 e. The fourth-order valence-electron chi connectivity index (χ4n) is 2.24. The third-order valence-electron chi connectivity index (χ3n) is 3.59. The summed E-state index contributed by atoms with van der Waals surface area (Å²) in [7, 11) is 0. The summed E-state index contributed by atoms with van der Waals surface area (Å²) < 4.78 is 5.11. The third kappa shape index (κ3) is 5.83. The van der Waals surface area contributed by atoms with Crippen LogP contribution in [-0.4, -0.2) is 30.3 Å². The van der Waals surface area contributed by atoms with Crippen molar-refractivity contribution in [2.75, 3.05) is 6.61 Å². The largest absolute Gasteiger partial charge is 0.456 e. The lowest BCUT2D eigenvalue weighted by Crippen LogP contribution is -2.46. The van der Waals surface area contributed by atoms with Gasteiger partial charge in [0.1, 0.15) is 6.04 Å². The maximum Gasteiger partial charge on any atom is 0.329 e. The minimum Gasteiger partial charge on any atom is -0.456 e. The molecule has 0 aliphatic heterocycles. The average molecular weight is 359 g/mol. The number of benzene rings is 1. The molecule has 1 N–H and O–H groups in total. The predicted molar refractivity (Wildman–Crippen MR) is 96.5 cm³/mol. The molecule has 1 amide bonds. The van der Waals surface area contributed by atoms with Gasteiger partial charge >= 0.3 is 5.97 Å². The summed E-state index contributed by atoms with van der Waals surface area (Å²) in [5.74, 6) is -1.25. The molecule has 0 saturated carbocycles. The molecular formula is C19H21NO4S. The quantitative estimate of drug-likeness (QED) is 0.581. The number of ether oxygens (including phenoxy) is 1. The van der Waals surface area contributed by atoms with Gasteiger partial charge in [-0.05, 0) is 22.9 Å². The van der Waals surface area contributed by atoms with Gasteiger partial charge in [0.15, 0.2) is 6.61 Å². The molecule has 5 nitrogen and oxygen atoms in total. The van der Waals surface area contributed by atoms with Crippen molar-refractivity contribution >= 4 is 29.0 Å². The molecule has 25 heavy (non-hydrogen) atoms. The minimum absolute atomic E-state index is 0.149. The maximum absolute atomic E-state index is 12.3. The number of hydrogen-bond donors (Lipinski definition) is 1. The van der Waals surface area contributed by atoms with E-state index in [1.165, 1.54) is 11.3 Å². The molecule has 0 spiro atoms. The first-order valence-electron chi connectivity index (χ1n) is 8.04. The summed E-state index contributed by atoms with van der Waals surface area (Å²) in [6, 6.07) is 11.9. The molecule has 1 aromatic carbocycles. The minimum atomic E-state index is -0.785. The van der Waals surface area contributed by atoms with Crippen LogP contribution in [0.1, 0.15) is 29.1 Å². The number of Topliss-reactive ketones (excluding diaryl/α,β-unsaturated/α-hetero) is 1. The number of hydrogen-bond acceptors (Lipinski definition) is 5. The Hall–Kier alpha value is -2.47. The zero-order chi connectivity index (χ0) is 18.2. The number of amides is 1. The van der Waals surface area contributed by atoms with E-state index in [1.807, 2.05) is 44.2 Å². The molecular weight excluding hydrogens is 338 g/mol. The summed E-state index contributed by atoms with van der Waals surface area (Å²) in [6.07, 6.45) is 0.186. The Morgan fingerprint density at radius 2 is 1.80 bits per heavy atom. The molecule has 0 aliphatic carbocycles. The first-order chi connectivity index (χ1) is 12.0. The molecule has 1 heterocycles. The molecule has 0 unspecified atom stereocenters. The van der Waals surface area contributed by atoms with Gasteiger partial charge in [0.05, 0.1) is 11.3 Å². The van der Waals surface area contributed by atoms with Crippen LogP contribution < -0.4 is 5.32 Å². The van der Waals surface area contributed by atoms with E-state index in [2.05, 4.69) is 5.32 Å². The van der Waals surface area contributed by atoms with Crippen LogP contribution in [0, 0.1) is 5.92 Å². The predicted octanol–water partition coefficient (Wildman–Crippen LogP) is 2.86. The Balaban J connectivity index is 1.89. The normalized spacial score (nSPS) is 11.8. The molecule has 0 radical (unpaired) electrons. The average Bonchev–Trinajstić information content (AvgIpc) is 3.12. The number of rotatable bonds is 8. The van der Waals surface area contributed by atoms with Crippen LogP contribution in [0.5, 0.6) is 0 Å². The Morgan fingerprint density at radius 3 is 2.40 bits per heavy atom. The lowest BCUT2D eigenvalue weighted by Gasteiger charge is -2.20. The van der Waals surface area contributed by atoms with Crippen LogP contribution in [0.25, 0.3) is 0 Å². The van der Waals surface area contributed by atoms with E-state index in [1.54, 1.807) is 17.5 Å². The van der Waals surface area contributed by atoms with Crippen molar-refractivity contribution in [3.8, 4) is 0 Å². The second-order valence-electron chi connectivity index (χ2n) is 5.96. The number of carbonyl (C=O) groups excluding carboxylic acids is 3. The number of carbonyl (C=O) groups is 3. The van der Waals surface area contributed by atoms with Crippen molar-refractivity contribution in [2.45, 2.75) is 26.3 Å². The first kappa shape index (κ1) is 18.9. The van der Waals surface area contributed by atoms with Crippen LogP contribution in [0.3, 0.4) is 0 Å². The summed E-state index contributed by atoms with van der Waals surface area (Å²) in [5.41, 5.74) is 0.865. The number of nitrogens with one attached hydrogen (secondary N) is 1. The van der Waals surface area contributed by atoms with Gasteiger partial charge in [-0.15, -0.1) is 11.3 Å². The third-order valence-corrected chi connectivity index (χ3v) is 4.50. The fourth-order valence-corrected chi connectivity index (χ4v) is 2.89. The molecule has 1 atom stereocenters.